The van der Waals surface area contributed by atoms with Gasteiger partial charge in [-0.1, -0.05) is 29.8 Å². The fourth-order valence-corrected chi connectivity index (χ4v) is 2.75. The van der Waals surface area contributed by atoms with Crippen LogP contribution in [0.1, 0.15) is 11.1 Å². The number of nitro benzene ring substituents is 2. The van der Waals surface area contributed by atoms with E-state index < -0.39 is 27.0 Å². The van der Waals surface area contributed by atoms with Crippen LogP contribution in [0, 0.1) is 26.0 Å². The van der Waals surface area contributed by atoms with E-state index in [2.05, 4.69) is 10.5 Å². The molecule has 9 nitrogen and oxygen atoms in total. The van der Waals surface area contributed by atoms with Gasteiger partial charge in [-0.15, -0.1) is 0 Å². The number of benzene rings is 3. The summed E-state index contributed by atoms with van der Waals surface area (Å²) >= 11 is 6.02. The quantitative estimate of drug-likeness (QED) is 0.285. The molecule has 0 aromatic heterocycles. The number of nitrogens with zero attached hydrogens (tertiary/aromatic N) is 3. The van der Waals surface area contributed by atoms with Crippen LogP contribution in [0.2, 0.25) is 5.02 Å². The van der Waals surface area contributed by atoms with Crippen molar-refractivity contribution in [2.75, 3.05) is 5.43 Å². The Labute approximate surface area is 180 Å². The number of halogens is 2. The molecule has 3 rings (SSSR count). The molecular formula is C20H14ClFN4O5. The van der Waals surface area contributed by atoms with E-state index in [-0.39, 0.29) is 12.3 Å². The highest BCUT2D eigenvalue weighted by Crippen LogP contribution is 2.29. The van der Waals surface area contributed by atoms with E-state index in [9.17, 15) is 24.6 Å². The third kappa shape index (κ3) is 5.52. The summed E-state index contributed by atoms with van der Waals surface area (Å²) in [4.78, 5) is 20.5. The molecule has 3 aromatic carbocycles. The number of hydrogen-bond donors (Lipinski definition) is 1. The second-order valence-electron chi connectivity index (χ2n) is 6.15. The molecule has 0 fully saturated rings. The zero-order valence-corrected chi connectivity index (χ0v) is 16.5. The maximum atomic E-state index is 13.8. The van der Waals surface area contributed by atoms with Crippen molar-refractivity contribution in [3.63, 3.8) is 0 Å². The van der Waals surface area contributed by atoms with Gasteiger partial charge in [-0.3, -0.25) is 25.7 Å². The Bertz CT molecular complexity index is 1170. The van der Waals surface area contributed by atoms with Crippen LogP contribution in [-0.2, 0) is 6.61 Å². The average Bonchev–Trinajstić information content (AvgIpc) is 2.74. The third-order valence-electron chi connectivity index (χ3n) is 4.09. The maximum absolute atomic E-state index is 13.8. The molecule has 0 saturated carbocycles. The largest absolute Gasteiger partial charge is 0.488 e. The van der Waals surface area contributed by atoms with Crippen LogP contribution in [0.3, 0.4) is 0 Å². The Kier molecular flexibility index (Phi) is 6.73. The molecule has 0 atom stereocenters. The second kappa shape index (κ2) is 9.63. The first-order chi connectivity index (χ1) is 14.8. The number of rotatable bonds is 8. The van der Waals surface area contributed by atoms with Crippen LogP contribution in [0.25, 0.3) is 0 Å². The lowest BCUT2D eigenvalue weighted by Gasteiger charge is -2.10. The van der Waals surface area contributed by atoms with Crippen molar-refractivity contribution < 1.29 is 19.0 Å². The van der Waals surface area contributed by atoms with E-state index in [1.54, 1.807) is 36.4 Å². The SMILES string of the molecule is O=[N+]([O-])c1ccc(N/N=C/c2cc(Cl)ccc2OCc2ccccc2F)c([N+](=O)[O-])c1. The molecule has 158 valence electrons. The second-order valence-corrected chi connectivity index (χ2v) is 6.58. The topological polar surface area (TPSA) is 120 Å². The predicted octanol–water partition coefficient (Wildman–Crippen LogP) is 5.32. The van der Waals surface area contributed by atoms with Gasteiger partial charge in [-0.25, -0.2) is 4.39 Å². The summed E-state index contributed by atoms with van der Waals surface area (Å²) in [6.45, 7) is -0.0314. The summed E-state index contributed by atoms with van der Waals surface area (Å²) in [7, 11) is 0. The molecule has 31 heavy (non-hydrogen) atoms. The number of ether oxygens (including phenoxy) is 1. The molecular weight excluding hydrogens is 431 g/mol. The summed E-state index contributed by atoms with van der Waals surface area (Å²) < 4.78 is 19.5. The Balaban J connectivity index is 1.79. The van der Waals surface area contributed by atoms with Gasteiger partial charge in [0.1, 0.15) is 23.9 Å². The zero-order valence-electron chi connectivity index (χ0n) is 15.7. The standard InChI is InChI=1S/C20H14ClFN4O5/c21-15-5-8-20(31-12-13-3-1-2-4-17(13)22)14(9-15)11-23-24-18-7-6-16(25(27)28)10-19(18)26(29)30/h1-11,24H,12H2/b23-11+. The number of hydrazone groups is 1. The van der Waals surface area contributed by atoms with Gasteiger partial charge in [0.25, 0.3) is 5.69 Å². The molecule has 11 heteroatoms. The molecule has 0 aliphatic carbocycles. The Hall–Kier alpha value is -4.05. The molecule has 1 N–H and O–H groups in total. The van der Waals surface area contributed by atoms with E-state index >= 15 is 0 Å². The van der Waals surface area contributed by atoms with Gasteiger partial charge >= 0.3 is 5.69 Å². The minimum atomic E-state index is -0.757. The van der Waals surface area contributed by atoms with Crippen LogP contribution < -0.4 is 10.2 Å². The van der Waals surface area contributed by atoms with Crippen molar-refractivity contribution in [1.82, 2.24) is 0 Å². The van der Waals surface area contributed by atoms with E-state index in [1.165, 1.54) is 18.3 Å². The number of nitro groups is 2. The van der Waals surface area contributed by atoms with E-state index in [1.807, 2.05) is 0 Å². The number of non-ortho nitro benzene ring substituents is 1. The smallest absolute Gasteiger partial charge is 0.301 e. The Morgan fingerprint density at radius 2 is 1.84 bits per heavy atom. The molecule has 0 spiro atoms. The molecule has 0 saturated heterocycles. The highest BCUT2D eigenvalue weighted by molar-refractivity contribution is 6.30. The monoisotopic (exact) mass is 444 g/mol. The summed E-state index contributed by atoms with van der Waals surface area (Å²) in [5.41, 5.74) is 2.32. The van der Waals surface area contributed by atoms with Crippen LogP contribution in [0.4, 0.5) is 21.5 Å². The molecule has 0 bridgehead atoms. The first-order valence-electron chi connectivity index (χ1n) is 8.73. The lowest BCUT2D eigenvalue weighted by molar-refractivity contribution is -0.393. The minimum absolute atomic E-state index is 0.0314. The Morgan fingerprint density at radius 1 is 1.06 bits per heavy atom. The van der Waals surface area contributed by atoms with Crippen molar-refractivity contribution in [2.45, 2.75) is 6.61 Å². The van der Waals surface area contributed by atoms with Crippen molar-refractivity contribution in [2.24, 2.45) is 5.10 Å². The van der Waals surface area contributed by atoms with Crippen LogP contribution in [-0.4, -0.2) is 16.1 Å². The first-order valence-corrected chi connectivity index (χ1v) is 9.10. The van der Waals surface area contributed by atoms with Crippen LogP contribution in [0.15, 0.2) is 65.8 Å². The first kappa shape index (κ1) is 21.7. The number of nitrogens with one attached hydrogen (secondary N) is 1. The van der Waals surface area contributed by atoms with Gasteiger partial charge in [-0.05, 0) is 30.3 Å². The minimum Gasteiger partial charge on any atom is -0.488 e. The van der Waals surface area contributed by atoms with Crippen molar-refractivity contribution in [3.8, 4) is 5.75 Å². The lowest BCUT2D eigenvalue weighted by Crippen LogP contribution is -2.02. The molecule has 0 aliphatic rings. The normalized spacial score (nSPS) is 10.8. The van der Waals surface area contributed by atoms with E-state index in [0.29, 0.717) is 21.9 Å². The molecule has 0 radical (unpaired) electrons. The molecule has 0 heterocycles. The maximum Gasteiger partial charge on any atom is 0.301 e. The Morgan fingerprint density at radius 3 is 2.55 bits per heavy atom. The molecule has 0 unspecified atom stereocenters. The number of anilines is 1. The van der Waals surface area contributed by atoms with Crippen LogP contribution in [0.5, 0.6) is 5.75 Å². The van der Waals surface area contributed by atoms with Crippen LogP contribution >= 0.6 is 11.6 Å². The predicted molar refractivity (Wildman–Crippen MR) is 113 cm³/mol. The van der Waals surface area contributed by atoms with Gasteiger partial charge in [0.2, 0.25) is 0 Å². The van der Waals surface area contributed by atoms with Crippen molar-refractivity contribution in [1.29, 1.82) is 0 Å². The summed E-state index contributed by atoms with van der Waals surface area (Å²) in [6, 6.07) is 14.0. The lowest BCUT2D eigenvalue weighted by atomic mass is 10.2. The van der Waals surface area contributed by atoms with Gasteiger partial charge in [0, 0.05) is 22.2 Å². The van der Waals surface area contributed by atoms with Gasteiger partial charge in [-0.2, -0.15) is 5.10 Å². The van der Waals surface area contributed by atoms with Crippen molar-refractivity contribution in [3.05, 3.63) is 103 Å². The third-order valence-corrected chi connectivity index (χ3v) is 4.33. The summed E-state index contributed by atoms with van der Waals surface area (Å²) in [6.07, 6.45) is 1.31. The van der Waals surface area contributed by atoms with Crippen molar-refractivity contribution >= 4 is 34.9 Å². The summed E-state index contributed by atoms with van der Waals surface area (Å²) in [5.74, 6) is -0.0461. The average molecular weight is 445 g/mol. The fourth-order valence-electron chi connectivity index (χ4n) is 2.57. The summed E-state index contributed by atoms with van der Waals surface area (Å²) in [5, 5.41) is 26.4. The van der Waals surface area contributed by atoms with E-state index in [0.717, 1.165) is 12.1 Å². The highest BCUT2D eigenvalue weighted by Gasteiger charge is 2.19. The van der Waals surface area contributed by atoms with Gasteiger partial charge in [0.05, 0.1) is 22.1 Å². The highest BCUT2D eigenvalue weighted by atomic mass is 35.5. The van der Waals surface area contributed by atoms with E-state index in [4.69, 9.17) is 16.3 Å². The fraction of sp³-hybridized carbons (Fsp3) is 0.0500. The number of hydrogen-bond acceptors (Lipinski definition) is 7. The molecule has 0 amide bonds. The molecule has 0 aliphatic heterocycles. The van der Waals surface area contributed by atoms with Gasteiger partial charge < -0.3 is 4.74 Å². The van der Waals surface area contributed by atoms with Gasteiger partial charge in [0.15, 0.2) is 0 Å². The molecule has 3 aromatic rings. The zero-order chi connectivity index (χ0) is 22.4.